The summed E-state index contributed by atoms with van der Waals surface area (Å²) in [5.74, 6) is -0.00858. The molecule has 0 aliphatic carbocycles. The molecule has 1 aromatic carbocycles. The number of amides is 2. The summed E-state index contributed by atoms with van der Waals surface area (Å²) < 4.78 is 1.88. The first-order valence-corrected chi connectivity index (χ1v) is 10.3. The summed E-state index contributed by atoms with van der Waals surface area (Å²) in [5, 5.41) is 4.75. The van der Waals surface area contributed by atoms with Crippen molar-refractivity contribution < 1.29 is 9.59 Å². The lowest BCUT2D eigenvalue weighted by Gasteiger charge is -2.33. The molecule has 7 heteroatoms. The summed E-state index contributed by atoms with van der Waals surface area (Å²) in [7, 11) is 0. The number of piperazine rings is 1. The fourth-order valence-corrected chi connectivity index (χ4v) is 3.65. The second-order valence-corrected chi connectivity index (χ2v) is 7.52. The Hall–Kier alpha value is -3.74. The van der Waals surface area contributed by atoms with Gasteiger partial charge in [0.1, 0.15) is 5.69 Å². The van der Waals surface area contributed by atoms with Gasteiger partial charge in [-0.1, -0.05) is 30.3 Å². The summed E-state index contributed by atoms with van der Waals surface area (Å²) in [6, 6.07) is 14.0. The lowest BCUT2D eigenvalue weighted by Crippen LogP contribution is -2.49. The van der Waals surface area contributed by atoms with Crippen LogP contribution in [-0.4, -0.2) is 62.6 Å². The van der Waals surface area contributed by atoms with E-state index in [4.69, 9.17) is 5.10 Å². The Morgan fingerprint density at radius 3 is 2.42 bits per heavy atom. The lowest BCUT2D eigenvalue weighted by molar-refractivity contribution is -0.135. The van der Waals surface area contributed by atoms with Crippen molar-refractivity contribution in [3.05, 3.63) is 78.3 Å². The van der Waals surface area contributed by atoms with Gasteiger partial charge in [-0.3, -0.25) is 19.3 Å². The number of aromatic nitrogens is 3. The number of nitrogens with zero attached hydrogens (tertiary/aromatic N) is 5. The zero-order valence-corrected chi connectivity index (χ0v) is 17.5. The molecule has 1 saturated heterocycles. The number of pyridine rings is 1. The summed E-state index contributed by atoms with van der Waals surface area (Å²) in [5.41, 5.74) is 3.70. The Balaban J connectivity index is 1.53. The minimum atomic E-state index is -0.0591. The molecule has 7 nitrogen and oxygen atoms in total. The van der Waals surface area contributed by atoms with E-state index in [0.717, 1.165) is 22.4 Å². The molecule has 3 heterocycles. The SMILES string of the molecule is CC(=O)N1CCN(C(=O)/C=C/c2cn(Cc3ccccc3)nc2-c2cccnc2)CC1. The van der Waals surface area contributed by atoms with Gasteiger partial charge in [-0.15, -0.1) is 0 Å². The zero-order chi connectivity index (χ0) is 21.6. The van der Waals surface area contributed by atoms with E-state index in [-0.39, 0.29) is 11.8 Å². The van der Waals surface area contributed by atoms with E-state index in [9.17, 15) is 9.59 Å². The number of rotatable bonds is 5. The maximum absolute atomic E-state index is 12.7. The molecule has 0 unspecified atom stereocenters. The first-order valence-electron chi connectivity index (χ1n) is 10.3. The third-order valence-electron chi connectivity index (χ3n) is 5.35. The Morgan fingerprint density at radius 1 is 1.00 bits per heavy atom. The molecule has 31 heavy (non-hydrogen) atoms. The molecule has 2 amide bonds. The van der Waals surface area contributed by atoms with Gasteiger partial charge in [0, 0.05) is 68.9 Å². The largest absolute Gasteiger partial charge is 0.339 e. The van der Waals surface area contributed by atoms with Gasteiger partial charge >= 0.3 is 0 Å². The van der Waals surface area contributed by atoms with Crippen molar-refractivity contribution in [3.63, 3.8) is 0 Å². The molecule has 0 radical (unpaired) electrons. The van der Waals surface area contributed by atoms with Crippen LogP contribution in [0.15, 0.2) is 67.1 Å². The molecule has 0 N–H and O–H groups in total. The van der Waals surface area contributed by atoms with Crippen LogP contribution in [0.4, 0.5) is 0 Å². The molecule has 0 saturated carbocycles. The first-order chi connectivity index (χ1) is 15.1. The Morgan fingerprint density at radius 2 is 1.74 bits per heavy atom. The van der Waals surface area contributed by atoms with Crippen LogP contribution >= 0.6 is 0 Å². The van der Waals surface area contributed by atoms with Crippen molar-refractivity contribution in [2.24, 2.45) is 0 Å². The van der Waals surface area contributed by atoms with Crippen molar-refractivity contribution in [1.82, 2.24) is 24.6 Å². The Bertz CT molecular complexity index is 1070. The van der Waals surface area contributed by atoms with Gasteiger partial charge in [-0.25, -0.2) is 0 Å². The fourth-order valence-electron chi connectivity index (χ4n) is 3.65. The van der Waals surface area contributed by atoms with E-state index >= 15 is 0 Å². The van der Waals surface area contributed by atoms with E-state index in [0.29, 0.717) is 32.7 Å². The summed E-state index contributed by atoms with van der Waals surface area (Å²) in [4.78, 5) is 31.9. The minimum absolute atomic E-state index is 0.0505. The maximum atomic E-state index is 12.7. The topological polar surface area (TPSA) is 71.3 Å². The highest BCUT2D eigenvalue weighted by Crippen LogP contribution is 2.23. The van der Waals surface area contributed by atoms with Gasteiger partial charge in [-0.2, -0.15) is 5.10 Å². The summed E-state index contributed by atoms with van der Waals surface area (Å²) in [6.07, 6.45) is 8.86. The van der Waals surface area contributed by atoms with E-state index in [1.807, 2.05) is 47.3 Å². The number of carbonyl (C=O) groups is 2. The van der Waals surface area contributed by atoms with Gasteiger partial charge in [0.25, 0.3) is 0 Å². The highest BCUT2D eigenvalue weighted by molar-refractivity contribution is 5.93. The molecular formula is C24H25N5O2. The van der Waals surface area contributed by atoms with Crippen molar-refractivity contribution in [2.45, 2.75) is 13.5 Å². The second kappa shape index (κ2) is 9.38. The first kappa shape index (κ1) is 20.5. The molecule has 1 fully saturated rings. The number of benzene rings is 1. The third kappa shape index (κ3) is 5.06. The van der Waals surface area contributed by atoms with Crippen LogP contribution in [0.3, 0.4) is 0 Å². The molecule has 4 rings (SSSR count). The van der Waals surface area contributed by atoms with Crippen LogP contribution in [0.5, 0.6) is 0 Å². The quantitative estimate of drug-likeness (QED) is 0.601. The molecule has 3 aromatic rings. The normalized spacial score (nSPS) is 14.2. The van der Waals surface area contributed by atoms with Crippen LogP contribution in [-0.2, 0) is 16.1 Å². The number of carbonyl (C=O) groups excluding carboxylic acids is 2. The van der Waals surface area contributed by atoms with Crippen molar-refractivity contribution in [1.29, 1.82) is 0 Å². The number of hydrogen-bond acceptors (Lipinski definition) is 4. The van der Waals surface area contributed by atoms with Crippen LogP contribution in [0.1, 0.15) is 18.1 Å². The smallest absolute Gasteiger partial charge is 0.246 e. The molecule has 0 bridgehead atoms. The number of hydrogen-bond donors (Lipinski definition) is 0. The fraction of sp³-hybridized carbons (Fsp3) is 0.250. The molecule has 158 valence electrons. The molecule has 1 aliphatic heterocycles. The Kier molecular flexibility index (Phi) is 6.21. The van der Waals surface area contributed by atoms with E-state index in [1.165, 1.54) is 0 Å². The molecular weight excluding hydrogens is 390 g/mol. The Labute approximate surface area is 181 Å². The van der Waals surface area contributed by atoms with Gasteiger partial charge in [0.15, 0.2) is 0 Å². The maximum Gasteiger partial charge on any atom is 0.246 e. The van der Waals surface area contributed by atoms with Gasteiger partial charge < -0.3 is 9.80 Å². The lowest BCUT2D eigenvalue weighted by atomic mass is 10.1. The van der Waals surface area contributed by atoms with Gasteiger partial charge in [-0.05, 0) is 23.8 Å². The van der Waals surface area contributed by atoms with Crippen LogP contribution in [0.25, 0.3) is 17.3 Å². The zero-order valence-electron chi connectivity index (χ0n) is 17.5. The van der Waals surface area contributed by atoms with Gasteiger partial charge in [0.05, 0.1) is 6.54 Å². The molecule has 0 atom stereocenters. The van der Waals surface area contributed by atoms with Crippen molar-refractivity contribution in [2.75, 3.05) is 26.2 Å². The average Bonchev–Trinajstić information content (AvgIpc) is 3.21. The highest BCUT2D eigenvalue weighted by Gasteiger charge is 2.21. The van der Waals surface area contributed by atoms with Gasteiger partial charge in [0.2, 0.25) is 11.8 Å². The standard InChI is InChI=1S/C24H25N5O2/c1-19(30)27-12-14-28(15-13-27)23(31)10-9-22-18-29(17-20-6-3-2-4-7-20)26-24(22)21-8-5-11-25-16-21/h2-11,16,18H,12-15,17H2,1H3/b10-9+. The predicted molar refractivity (Wildman–Crippen MR) is 119 cm³/mol. The van der Waals surface area contributed by atoms with E-state index in [1.54, 1.807) is 35.2 Å². The monoisotopic (exact) mass is 415 g/mol. The summed E-state index contributed by atoms with van der Waals surface area (Å²) >= 11 is 0. The van der Waals surface area contributed by atoms with Crippen molar-refractivity contribution >= 4 is 17.9 Å². The van der Waals surface area contributed by atoms with Crippen molar-refractivity contribution in [3.8, 4) is 11.3 Å². The average molecular weight is 415 g/mol. The predicted octanol–water partition coefficient (Wildman–Crippen LogP) is 2.70. The summed E-state index contributed by atoms with van der Waals surface area (Å²) in [6.45, 7) is 4.44. The van der Waals surface area contributed by atoms with Crippen LogP contribution < -0.4 is 0 Å². The third-order valence-corrected chi connectivity index (χ3v) is 5.35. The second-order valence-electron chi connectivity index (χ2n) is 7.52. The molecule has 1 aliphatic rings. The molecule has 0 spiro atoms. The van der Waals surface area contributed by atoms with Crippen LogP contribution in [0, 0.1) is 0 Å². The van der Waals surface area contributed by atoms with E-state index in [2.05, 4.69) is 17.1 Å². The molecule has 2 aromatic heterocycles. The van der Waals surface area contributed by atoms with Crippen LogP contribution in [0.2, 0.25) is 0 Å². The van der Waals surface area contributed by atoms with E-state index < -0.39 is 0 Å². The minimum Gasteiger partial charge on any atom is -0.339 e. The highest BCUT2D eigenvalue weighted by atomic mass is 16.2.